The number of rotatable bonds is 6. The predicted molar refractivity (Wildman–Crippen MR) is 68.9 cm³/mol. The summed E-state index contributed by atoms with van der Waals surface area (Å²) >= 11 is 1.50. The van der Waals surface area contributed by atoms with Crippen LogP contribution in [0.2, 0.25) is 0 Å². The summed E-state index contributed by atoms with van der Waals surface area (Å²) in [5, 5.41) is 11.3. The fourth-order valence-electron chi connectivity index (χ4n) is 1.09. The zero-order chi connectivity index (χ0) is 12.8. The zero-order valence-corrected chi connectivity index (χ0v) is 10.7. The van der Waals surface area contributed by atoms with Gasteiger partial charge in [-0.2, -0.15) is 0 Å². The molecule has 0 aliphatic rings. The lowest BCUT2D eigenvalue weighted by atomic mass is 10.2. The van der Waals surface area contributed by atoms with Crippen LogP contribution in [0, 0.1) is 16.0 Å². The first-order valence-corrected chi connectivity index (χ1v) is 6.31. The van der Waals surface area contributed by atoms with Gasteiger partial charge in [-0.15, -0.1) is 11.8 Å². The highest BCUT2D eigenvalue weighted by atomic mass is 32.2. The summed E-state index contributed by atoms with van der Waals surface area (Å²) in [6, 6.07) is 2.78. The monoisotopic (exact) mass is 256 g/mol. The molecular weight excluding hydrogens is 240 g/mol. The van der Waals surface area contributed by atoms with Gasteiger partial charge in [-0.05, 0) is 5.92 Å². The molecule has 0 fully saturated rings. The fraction of sp³-hybridized carbons (Fsp3) is 0.500. The lowest BCUT2D eigenvalue weighted by Crippen LogP contribution is -2.09. The highest BCUT2D eigenvalue weighted by molar-refractivity contribution is 7.99. The van der Waals surface area contributed by atoms with E-state index in [1.54, 1.807) is 0 Å². The Kier molecular flexibility index (Phi) is 5.17. The molecule has 17 heavy (non-hydrogen) atoms. The van der Waals surface area contributed by atoms with Crippen molar-refractivity contribution in [1.82, 2.24) is 4.98 Å². The average Bonchev–Trinajstić information content (AvgIpc) is 2.35. The third kappa shape index (κ3) is 4.20. The van der Waals surface area contributed by atoms with E-state index in [0.29, 0.717) is 16.8 Å². The van der Waals surface area contributed by atoms with Gasteiger partial charge in [-0.3, -0.25) is 10.1 Å². The molecule has 0 radical (unpaired) electrons. The molecule has 7 heteroatoms. The molecule has 0 saturated carbocycles. The van der Waals surface area contributed by atoms with Crippen LogP contribution >= 0.6 is 11.8 Å². The molecule has 0 amide bonds. The van der Waals surface area contributed by atoms with Gasteiger partial charge in [0.2, 0.25) is 0 Å². The molecule has 1 aromatic heterocycles. The number of nitrogens with two attached hydrogens (primary N) is 1. The Balaban J connectivity index is 2.83. The van der Waals surface area contributed by atoms with Crippen LogP contribution < -0.4 is 11.3 Å². The van der Waals surface area contributed by atoms with E-state index in [2.05, 4.69) is 24.3 Å². The molecule has 1 rings (SSSR count). The van der Waals surface area contributed by atoms with Crippen molar-refractivity contribution in [2.45, 2.75) is 25.3 Å². The maximum absolute atomic E-state index is 10.7. The minimum atomic E-state index is -0.449. The Morgan fingerprint density at radius 2 is 2.35 bits per heavy atom. The number of hydrazine groups is 1. The number of aromatic nitrogens is 1. The Hall–Kier alpha value is -1.34. The van der Waals surface area contributed by atoms with Gasteiger partial charge in [0.1, 0.15) is 10.8 Å². The number of nitrogens with one attached hydrogen (secondary N) is 1. The summed E-state index contributed by atoms with van der Waals surface area (Å²) in [6.07, 6.45) is 1.07. The van der Waals surface area contributed by atoms with Crippen molar-refractivity contribution in [3.8, 4) is 0 Å². The van der Waals surface area contributed by atoms with E-state index in [4.69, 9.17) is 5.84 Å². The van der Waals surface area contributed by atoms with Crippen molar-refractivity contribution < 1.29 is 4.92 Å². The number of hydrogen-bond donors (Lipinski definition) is 2. The van der Waals surface area contributed by atoms with Gasteiger partial charge in [0.05, 0.1) is 11.0 Å². The van der Waals surface area contributed by atoms with E-state index in [9.17, 15) is 10.1 Å². The van der Waals surface area contributed by atoms with Crippen LogP contribution in [0.5, 0.6) is 0 Å². The molecule has 3 N–H and O–H groups in total. The molecule has 6 nitrogen and oxygen atoms in total. The number of pyridine rings is 1. The maximum Gasteiger partial charge on any atom is 0.275 e. The molecule has 1 heterocycles. The van der Waals surface area contributed by atoms with E-state index < -0.39 is 4.92 Å². The molecule has 0 spiro atoms. The molecule has 1 atom stereocenters. The van der Waals surface area contributed by atoms with Crippen molar-refractivity contribution in [2.75, 3.05) is 11.2 Å². The van der Waals surface area contributed by atoms with Crippen LogP contribution in [0.15, 0.2) is 17.2 Å². The highest BCUT2D eigenvalue weighted by Crippen LogP contribution is 2.26. The quantitative estimate of drug-likeness (QED) is 0.351. The second kappa shape index (κ2) is 6.41. The number of anilines is 1. The fourth-order valence-corrected chi connectivity index (χ4v) is 2.15. The minimum absolute atomic E-state index is 0.000369. The van der Waals surface area contributed by atoms with E-state index >= 15 is 0 Å². The van der Waals surface area contributed by atoms with Gasteiger partial charge < -0.3 is 5.43 Å². The molecule has 1 unspecified atom stereocenters. The third-order valence-corrected chi connectivity index (χ3v) is 3.60. The van der Waals surface area contributed by atoms with Crippen molar-refractivity contribution in [1.29, 1.82) is 0 Å². The summed E-state index contributed by atoms with van der Waals surface area (Å²) < 4.78 is 0. The standard InChI is InChI=1S/C10H16N4O2S/c1-3-7(2)6-17-10-5-8(14(15)16)4-9(12-10)13-11/h4-5,7H,3,6,11H2,1-2H3,(H,12,13). The number of thioether (sulfide) groups is 1. The van der Waals surface area contributed by atoms with Gasteiger partial charge in [0.25, 0.3) is 5.69 Å². The summed E-state index contributed by atoms with van der Waals surface area (Å²) in [5.74, 6) is 6.97. The van der Waals surface area contributed by atoms with Gasteiger partial charge >= 0.3 is 0 Å². The van der Waals surface area contributed by atoms with E-state index in [1.807, 2.05) is 0 Å². The number of nitrogen functional groups attached to an aromatic ring is 1. The van der Waals surface area contributed by atoms with Crippen LogP contribution in [0.4, 0.5) is 11.5 Å². The first kappa shape index (κ1) is 13.7. The lowest BCUT2D eigenvalue weighted by Gasteiger charge is -2.08. The highest BCUT2D eigenvalue weighted by Gasteiger charge is 2.11. The molecule has 0 aliphatic carbocycles. The molecule has 0 saturated heterocycles. The van der Waals surface area contributed by atoms with Crippen LogP contribution in [0.1, 0.15) is 20.3 Å². The van der Waals surface area contributed by atoms with E-state index in [1.165, 1.54) is 23.9 Å². The second-order valence-corrected chi connectivity index (χ2v) is 4.81. The van der Waals surface area contributed by atoms with Crippen LogP contribution in [0.25, 0.3) is 0 Å². The van der Waals surface area contributed by atoms with Gasteiger partial charge in [-0.25, -0.2) is 10.8 Å². The normalized spacial score (nSPS) is 12.2. The minimum Gasteiger partial charge on any atom is -0.308 e. The molecule has 1 aromatic rings. The van der Waals surface area contributed by atoms with Gasteiger partial charge in [0, 0.05) is 11.8 Å². The maximum atomic E-state index is 10.7. The van der Waals surface area contributed by atoms with Crippen molar-refractivity contribution in [3.05, 3.63) is 22.2 Å². The van der Waals surface area contributed by atoms with Gasteiger partial charge in [-0.1, -0.05) is 20.3 Å². The second-order valence-electron chi connectivity index (χ2n) is 3.77. The number of nitro groups is 1. The Bertz CT molecular complexity index is 400. The Morgan fingerprint density at radius 3 is 2.88 bits per heavy atom. The lowest BCUT2D eigenvalue weighted by molar-refractivity contribution is -0.385. The number of hydrogen-bond acceptors (Lipinski definition) is 6. The van der Waals surface area contributed by atoms with Gasteiger partial charge in [0.15, 0.2) is 0 Å². The first-order chi connectivity index (χ1) is 8.06. The average molecular weight is 256 g/mol. The van der Waals surface area contributed by atoms with Crippen LogP contribution in [0.3, 0.4) is 0 Å². The molecular formula is C10H16N4O2S. The number of nitrogens with zero attached hydrogens (tertiary/aromatic N) is 2. The topological polar surface area (TPSA) is 94.1 Å². The van der Waals surface area contributed by atoms with E-state index in [-0.39, 0.29) is 5.69 Å². The summed E-state index contributed by atoms with van der Waals surface area (Å²) in [6.45, 7) is 4.24. The SMILES string of the molecule is CCC(C)CSc1cc([N+](=O)[O-])cc(NN)n1. The Morgan fingerprint density at radius 1 is 1.65 bits per heavy atom. The van der Waals surface area contributed by atoms with Crippen LogP contribution in [-0.4, -0.2) is 15.7 Å². The van der Waals surface area contributed by atoms with Crippen molar-refractivity contribution >= 4 is 23.3 Å². The Labute approximate surface area is 104 Å². The smallest absolute Gasteiger partial charge is 0.275 e. The van der Waals surface area contributed by atoms with Crippen molar-refractivity contribution in [3.63, 3.8) is 0 Å². The first-order valence-electron chi connectivity index (χ1n) is 5.32. The molecule has 94 valence electrons. The zero-order valence-electron chi connectivity index (χ0n) is 9.84. The molecule has 0 aromatic carbocycles. The summed E-state index contributed by atoms with van der Waals surface area (Å²) in [7, 11) is 0. The van der Waals surface area contributed by atoms with E-state index in [0.717, 1.165) is 12.2 Å². The third-order valence-electron chi connectivity index (χ3n) is 2.36. The summed E-state index contributed by atoms with van der Waals surface area (Å²) in [4.78, 5) is 14.4. The van der Waals surface area contributed by atoms with Crippen LogP contribution in [-0.2, 0) is 0 Å². The molecule has 0 aliphatic heterocycles. The molecule has 0 bridgehead atoms. The summed E-state index contributed by atoms with van der Waals surface area (Å²) in [5.41, 5.74) is 2.33. The van der Waals surface area contributed by atoms with Crippen molar-refractivity contribution in [2.24, 2.45) is 11.8 Å². The predicted octanol–water partition coefficient (Wildman–Crippen LogP) is 2.41. The largest absolute Gasteiger partial charge is 0.308 e.